The number of carbonyl (C=O) groups is 1. The molecule has 0 spiro atoms. The monoisotopic (exact) mass is 522 g/mol. The van der Waals surface area contributed by atoms with Crippen LogP contribution in [0.3, 0.4) is 0 Å². The van der Waals surface area contributed by atoms with Crippen molar-refractivity contribution in [2.24, 2.45) is 0 Å². The van der Waals surface area contributed by atoms with Crippen molar-refractivity contribution in [3.05, 3.63) is 136 Å². The van der Waals surface area contributed by atoms with Crippen LogP contribution in [0.25, 0.3) is 11.0 Å². The number of pyridine rings is 1. The molecule has 0 bridgehead atoms. The number of benzene rings is 3. The Balaban J connectivity index is 1.39. The highest BCUT2D eigenvalue weighted by molar-refractivity contribution is 5.83. The molecule has 3 aromatic carbocycles. The Kier molecular flexibility index (Phi) is 7.09. The summed E-state index contributed by atoms with van der Waals surface area (Å²) in [5, 5.41) is 27.3. The van der Waals surface area contributed by atoms with Gasteiger partial charge in [-0.05, 0) is 72.5 Å². The van der Waals surface area contributed by atoms with Crippen LogP contribution >= 0.6 is 0 Å². The molecule has 0 fully saturated rings. The molecule has 7 nitrogen and oxygen atoms in total. The summed E-state index contributed by atoms with van der Waals surface area (Å²) in [6, 6.07) is 27.4. The summed E-state index contributed by atoms with van der Waals surface area (Å²) < 4.78 is 11.9. The first kappa shape index (κ1) is 26.0. The molecular formula is C32H30N2O5. The highest BCUT2D eigenvalue weighted by atomic mass is 16.5. The number of aromatic nitrogens is 1. The number of nitrogens with zero attached hydrogens (tertiary/aromatic N) is 1. The first-order valence-electron chi connectivity index (χ1n) is 12.7. The minimum absolute atomic E-state index is 0.134. The molecule has 198 valence electrons. The van der Waals surface area contributed by atoms with Gasteiger partial charge in [0.05, 0.1) is 19.6 Å². The zero-order chi connectivity index (χ0) is 27.6. The smallest absolute Gasteiger partial charge is 0.232 e. The maximum atomic E-state index is 13.3. The maximum absolute atomic E-state index is 13.3. The topological polar surface area (TPSA) is 98.6 Å². The quantitative estimate of drug-likeness (QED) is 0.219. The number of aryl methyl sites for hydroxylation is 1. The number of amides is 1. The molecule has 0 aliphatic rings. The van der Waals surface area contributed by atoms with E-state index in [2.05, 4.69) is 5.32 Å². The number of furan rings is 1. The molecule has 2 N–H and O–H groups in total. The molecule has 2 unspecified atom stereocenters. The van der Waals surface area contributed by atoms with Crippen molar-refractivity contribution in [1.82, 2.24) is 5.32 Å². The summed E-state index contributed by atoms with van der Waals surface area (Å²) in [5.74, 6) is 0.873. The summed E-state index contributed by atoms with van der Waals surface area (Å²) in [4.78, 5) is 13.3. The number of hydrogen-bond donors (Lipinski definition) is 2. The number of carbonyl (C=O) groups excluding carboxylic acids is 1. The molecule has 0 radical (unpaired) electrons. The van der Waals surface area contributed by atoms with Gasteiger partial charge in [0, 0.05) is 17.5 Å². The van der Waals surface area contributed by atoms with Gasteiger partial charge in [-0.2, -0.15) is 4.73 Å². The first-order chi connectivity index (χ1) is 18.8. The third-order valence-corrected chi connectivity index (χ3v) is 6.97. The standard InChI is InChI=1S/C32H30N2O5/c1-21-17-25(38-3)13-14-26(21)31(23-9-5-4-6-10-23)33-30(35)19-22-12-15-27-24(18-22)20-29(39-27)32(2,36)28-11-7-8-16-34(28)37/h4-18,20,31,36H,19H2,1-3H3,(H,33,35). The molecule has 2 heterocycles. The van der Waals surface area contributed by atoms with Crippen molar-refractivity contribution >= 4 is 16.9 Å². The van der Waals surface area contributed by atoms with E-state index >= 15 is 0 Å². The average molecular weight is 523 g/mol. The van der Waals surface area contributed by atoms with Gasteiger partial charge in [0.25, 0.3) is 0 Å². The zero-order valence-electron chi connectivity index (χ0n) is 22.0. The third kappa shape index (κ3) is 5.35. The molecule has 5 aromatic rings. The Morgan fingerprint density at radius 1 is 1.05 bits per heavy atom. The molecule has 0 aliphatic carbocycles. The van der Waals surface area contributed by atoms with Crippen LogP contribution in [0.2, 0.25) is 0 Å². The van der Waals surface area contributed by atoms with E-state index < -0.39 is 5.60 Å². The maximum Gasteiger partial charge on any atom is 0.232 e. The highest BCUT2D eigenvalue weighted by Gasteiger charge is 2.36. The SMILES string of the molecule is COc1ccc(C(NC(=O)Cc2ccc3oc(C(C)(O)c4cccc[n+]4[O-])cc3c2)c2ccccc2)c(C)c1. The van der Waals surface area contributed by atoms with E-state index in [1.807, 2.05) is 67.6 Å². The summed E-state index contributed by atoms with van der Waals surface area (Å²) >= 11 is 0. The van der Waals surface area contributed by atoms with Gasteiger partial charge >= 0.3 is 0 Å². The molecule has 0 saturated carbocycles. The number of hydrogen-bond acceptors (Lipinski definition) is 5. The number of fused-ring (bicyclic) bond motifs is 1. The number of ether oxygens (including phenoxy) is 1. The summed E-state index contributed by atoms with van der Waals surface area (Å²) in [7, 11) is 1.63. The third-order valence-electron chi connectivity index (χ3n) is 6.97. The van der Waals surface area contributed by atoms with Crippen molar-refractivity contribution in [3.8, 4) is 5.75 Å². The average Bonchev–Trinajstić information content (AvgIpc) is 3.37. The lowest BCUT2D eigenvalue weighted by atomic mass is 9.94. The van der Waals surface area contributed by atoms with E-state index in [4.69, 9.17) is 9.15 Å². The minimum Gasteiger partial charge on any atom is -0.618 e. The second-order valence-electron chi connectivity index (χ2n) is 9.78. The van der Waals surface area contributed by atoms with E-state index in [9.17, 15) is 15.1 Å². The normalized spacial score (nSPS) is 13.5. The van der Waals surface area contributed by atoms with Crippen LogP contribution < -0.4 is 14.8 Å². The predicted molar refractivity (Wildman–Crippen MR) is 148 cm³/mol. The minimum atomic E-state index is -1.63. The predicted octanol–water partition coefficient (Wildman–Crippen LogP) is 5.09. The summed E-state index contributed by atoms with van der Waals surface area (Å²) in [5.41, 5.74) is 2.86. The Hall–Kier alpha value is -4.62. The number of methoxy groups -OCH3 is 1. The molecule has 39 heavy (non-hydrogen) atoms. The lowest BCUT2D eigenvalue weighted by Crippen LogP contribution is -2.40. The van der Waals surface area contributed by atoms with Gasteiger partial charge in [-0.25, -0.2) is 0 Å². The van der Waals surface area contributed by atoms with Gasteiger partial charge in [0.1, 0.15) is 17.1 Å². The number of aliphatic hydroxyl groups is 1. The number of nitrogens with one attached hydrogen (secondary N) is 1. The Morgan fingerprint density at radius 3 is 2.54 bits per heavy atom. The van der Waals surface area contributed by atoms with Crippen molar-refractivity contribution < 1.29 is 23.8 Å². The second-order valence-corrected chi connectivity index (χ2v) is 9.78. The van der Waals surface area contributed by atoms with Crippen molar-refractivity contribution in [3.63, 3.8) is 0 Å². The van der Waals surface area contributed by atoms with Gasteiger partial charge in [0.15, 0.2) is 6.20 Å². The van der Waals surface area contributed by atoms with E-state index in [1.165, 1.54) is 13.1 Å². The number of rotatable bonds is 8. The fraction of sp³-hybridized carbons (Fsp3) is 0.188. The van der Waals surface area contributed by atoms with Gasteiger partial charge < -0.3 is 24.8 Å². The van der Waals surface area contributed by atoms with Crippen LogP contribution in [0.15, 0.2) is 102 Å². The zero-order valence-corrected chi connectivity index (χ0v) is 22.0. The van der Waals surface area contributed by atoms with Crippen LogP contribution in [0, 0.1) is 12.1 Å². The Bertz CT molecular complexity index is 1620. The van der Waals surface area contributed by atoms with Gasteiger partial charge in [0.2, 0.25) is 17.2 Å². The lowest BCUT2D eigenvalue weighted by molar-refractivity contribution is -0.621. The van der Waals surface area contributed by atoms with Crippen LogP contribution in [-0.4, -0.2) is 18.1 Å². The van der Waals surface area contributed by atoms with Crippen LogP contribution in [-0.2, 0) is 16.8 Å². The fourth-order valence-electron chi connectivity index (χ4n) is 4.86. The summed E-state index contributed by atoms with van der Waals surface area (Å²) in [6.07, 6.45) is 1.49. The van der Waals surface area contributed by atoms with Gasteiger partial charge in [-0.1, -0.05) is 42.5 Å². The van der Waals surface area contributed by atoms with Crippen LogP contribution in [0.1, 0.15) is 46.7 Å². The molecule has 7 heteroatoms. The summed E-state index contributed by atoms with van der Waals surface area (Å²) in [6.45, 7) is 3.52. The second kappa shape index (κ2) is 10.6. The van der Waals surface area contributed by atoms with Crippen LogP contribution in [0.4, 0.5) is 0 Å². The largest absolute Gasteiger partial charge is 0.618 e. The molecule has 2 atom stereocenters. The fourth-order valence-corrected chi connectivity index (χ4v) is 4.86. The lowest BCUT2D eigenvalue weighted by Gasteiger charge is -2.22. The molecule has 1 amide bonds. The highest BCUT2D eigenvalue weighted by Crippen LogP contribution is 2.33. The van der Waals surface area contributed by atoms with Crippen molar-refractivity contribution in [1.29, 1.82) is 0 Å². The van der Waals surface area contributed by atoms with E-state index in [0.717, 1.165) is 33.4 Å². The van der Waals surface area contributed by atoms with E-state index in [-0.39, 0.29) is 29.8 Å². The Morgan fingerprint density at radius 2 is 1.82 bits per heavy atom. The van der Waals surface area contributed by atoms with Crippen molar-refractivity contribution in [2.45, 2.75) is 31.9 Å². The van der Waals surface area contributed by atoms with Crippen LogP contribution in [0.5, 0.6) is 5.75 Å². The molecule has 0 saturated heterocycles. The molecule has 0 aliphatic heterocycles. The Labute approximate surface area is 226 Å². The van der Waals surface area contributed by atoms with E-state index in [0.29, 0.717) is 10.3 Å². The molecular weight excluding hydrogens is 492 g/mol. The van der Waals surface area contributed by atoms with Gasteiger partial charge in [-0.3, -0.25) is 4.79 Å². The molecule has 5 rings (SSSR count). The molecule has 2 aromatic heterocycles. The van der Waals surface area contributed by atoms with Crippen molar-refractivity contribution in [2.75, 3.05) is 7.11 Å². The van der Waals surface area contributed by atoms with E-state index in [1.54, 1.807) is 37.4 Å². The van der Waals surface area contributed by atoms with Gasteiger partial charge in [-0.15, -0.1) is 0 Å². The first-order valence-corrected chi connectivity index (χ1v) is 12.7.